The highest BCUT2D eigenvalue weighted by Gasteiger charge is 2.64. The Morgan fingerprint density at radius 2 is 1.71 bits per heavy atom. The average molecular weight is 446 g/mol. The molecule has 3 aromatic rings. The molecule has 0 bridgehead atoms. The van der Waals surface area contributed by atoms with E-state index in [0.717, 1.165) is 22.4 Å². The Labute approximate surface area is 198 Å². The van der Waals surface area contributed by atoms with E-state index in [4.69, 9.17) is 0 Å². The summed E-state index contributed by atoms with van der Waals surface area (Å²) < 4.78 is 0. The molecule has 3 atom stereocenters. The third-order valence-corrected chi connectivity index (χ3v) is 6.83. The minimum absolute atomic E-state index is 0.265. The standard InChI is InChI=1S/C28H23N5O/c1-18-12-13-21(19(2)14-18)25-26(27(34)32-20-8-4-3-5-9-20)33-23-11-7-6-10-22(23)31-15-24(33)28(25,16-29)17-30/h3-15,24-26H,1-2H3,(H,32,34). The topological polar surface area (TPSA) is 92.3 Å². The third-order valence-electron chi connectivity index (χ3n) is 6.83. The van der Waals surface area contributed by atoms with Crippen molar-refractivity contribution < 1.29 is 4.79 Å². The van der Waals surface area contributed by atoms with Crippen LogP contribution in [-0.2, 0) is 4.79 Å². The van der Waals surface area contributed by atoms with Gasteiger partial charge in [-0.2, -0.15) is 10.5 Å². The maximum Gasteiger partial charge on any atom is 0.247 e. The number of benzene rings is 3. The van der Waals surface area contributed by atoms with Gasteiger partial charge in [-0.25, -0.2) is 0 Å². The SMILES string of the molecule is Cc1ccc(C2C(C(=O)Nc3ccccc3)N3c4ccccc4N=CC3C2(C#N)C#N)c(C)c1. The molecular formula is C28H23N5O. The number of fused-ring (bicyclic) bond motifs is 3. The number of hydrogen-bond acceptors (Lipinski definition) is 5. The monoisotopic (exact) mass is 445 g/mol. The molecule has 1 N–H and O–H groups in total. The molecule has 166 valence electrons. The lowest BCUT2D eigenvalue weighted by molar-refractivity contribution is -0.117. The number of hydrogen-bond donors (Lipinski definition) is 1. The zero-order valence-electron chi connectivity index (χ0n) is 18.9. The molecule has 0 radical (unpaired) electrons. The van der Waals surface area contributed by atoms with Crippen molar-refractivity contribution in [3.63, 3.8) is 0 Å². The van der Waals surface area contributed by atoms with Gasteiger partial charge in [-0.05, 0) is 49.2 Å². The summed E-state index contributed by atoms with van der Waals surface area (Å²) in [4.78, 5) is 20.4. The van der Waals surface area contributed by atoms with Crippen molar-refractivity contribution in [1.29, 1.82) is 10.5 Å². The van der Waals surface area contributed by atoms with Gasteiger partial charge in [-0.15, -0.1) is 0 Å². The van der Waals surface area contributed by atoms with Crippen LogP contribution in [0.2, 0.25) is 0 Å². The van der Waals surface area contributed by atoms with Crippen molar-refractivity contribution in [3.8, 4) is 12.1 Å². The Balaban J connectivity index is 1.74. The molecule has 2 heterocycles. The number of para-hydroxylation sites is 3. The van der Waals surface area contributed by atoms with Crippen molar-refractivity contribution in [3.05, 3.63) is 89.5 Å². The quantitative estimate of drug-likeness (QED) is 0.612. The van der Waals surface area contributed by atoms with E-state index in [1.807, 2.05) is 91.5 Å². The molecule has 3 unspecified atom stereocenters. The number of nitrogens with zero attached hydrogens (tertiary/aromatic N) is 4. The Hall–Kier alpha value is -4.42. The van der Waals surface area contributed by atoms with E-state index in [1.54, 1.807) is 6.21 Å². The van der Waals surface area contributed by atoms with Gasteiger partial charge >= 0.3 is 0 Å². The van der Waals surface area contributed by atoms with Crippen LogP contribution in [0.3, 0.4) is 0 Å². The highest BCUT2D eigenvalue weighted by Crippen LogP contribution is 2.55. The molecule has 6 nitrogen and oxygen atoms in total. The van der Waals surface area contributed by atoms with Crippen LogP contribution in [0.4, 0.5) is 17.1 Å². The lowest BCUT2D eigenvalue weighted by atomic mass is 9.69. The Morgan fingerprint density at radius 3 is 2.41 bits per heavy atom. The van der Waals surface area contributed by atoms with Crippen molar-refractivity contribution in [2.45, 2.75) is 31.8 Å². The number of carbonyl (C=O) groups is 1. The summed E-state index contributed by atoms with van der Waals surface area (Å²) in [5, 5.41) is 24.0. The first-order chi connectivity index (χ1) is 16.5. The van der Waals surface area contributed by atoms with Gasteiger partial charge in [0.15, 0.2) is 5.41 Å². The van der Waals surface area contributed by atoms with Gasteiger partial charge in [-0.1, -0.05) is 54.1 Å². The zero-order chi connectivity index (χ0) is 23.9. The molecule has 5 rings (SSSR count). The van der Waals surface area contributed by atoms with Crippen molar-refractivity contribution in [2.75, 3.05) is 10.2 Å². The predicted molar refractivity (Wildman–Crippen MR) is 132 cm³/mol. The van der Waals surface area contributed by atoms with Crippen LogP contribution in [0.25, 0.3) is 0 Å². The number of nitriles is 2. The number of aryl methyl sites for hydroxylation is 2. The maximum absolute atomic E-state index is 13.9. The Bertz CT molecular complexity index is 1370. The van der Waals surface area contributed by atoms with Gasteiger partial charge in [0.2, 0.25) is 5.91 Å². The lowest BCUT2D eigenvalue weighted by Gasteiger charge is -2.34. The van der Waals surface area contributed by atoms with E-state index in [2.05, 4.69) is 22.4 Å². The van der Waals surface area contributed by atoms with Crippen LogP contribution in [0, 0.1) is 41.9 Å². The third kappa shape index (κ3) is 3.16. The van der Waals surface area contributed by atoms with E-state index >= 15 is 0 Å². The Kier molecular flexibility index (Phi) is 5.15. The van der Waals surface area contributed by atoms with E-state index in [1.165, 1.54) is 0 Å². The maximum atomic E-state index is 13.9. The Morgan fingerprint density at radius 1 is 1.00 bits per heavy atom. The van der Waals surface area contributed by atoms with Gasteiger partial charge in [0.25, 0.3) is 0 Å². The first kappa shape index (κ1) is 21.4. The number of rotatable bonds is 3. The predicted octanol–water partition coefficient (Wildman–Crippen LogP) is 5.03. The van der Waals surface area contributed by atoms with Crippen molar-refractivity contribution in [2.24, 2.45) is 10.4 Å². The van der Waals surface area contributed by atoms with Gasteiger partial charge in [0.1, 0.15) is 6.04 Å². The number of aliphatic imine (C=N–C) groups is 1. The molecule has 1 fully saturated rings. The van der Waals surface area contributed by atoms with Crippen LogP contribution in [0.1, 0.15) is 22.6 Å². The molecule has 0 aromatic heterocycles. The van der Waals surface area contributed by atoms with Gasteiger partial charge in [-0.3, -0.25) is 9.79 Å². The highest BCUT2D eigenvalue weighted by atomic mass is 16.2. The summed E-state index contributed by atoms with van der Waals surface area (Å²) in [6.45, 7) is 3.96. The molecule has 2 aliphatic heterocycles. The van der Waals surface area contributed by atoms with Crippen LogP contribution in [0.15, 0.2) is 77.8 Å². The van der Waals surface area contributed by atoms with E-state index < -0.39 is 23.4 Å². The number of amides is 1. The first-order valence-corrected chi connectivity index (χ1v) is 11.2. The molecule has 34 heavy (non-hydrogen) atoms. The van der Waals surface area contributed by atoms with Crippen LogP contribution < -0.4 is 10.2 Å². The fourth-order valence-electron chi connectivity index (χ4n) is 5.32. The smallest absolute Gasteiger partial charge is 0.247 e. The summed E-state index contributed by atoms with van der Waals surface area (Å²) in [6, 6.07) is 25.9. The second kappa shape index (κ2) is 8.17. The van der Waals surface area contributed by atoms with Gasteiger partial charge in [0, 0.05) is 17.8 Å². The minimum Gasteiger partial charge on any atom is -0.346 e. The van der Waals surface area contributed by atoms with Crippen molar-refractivity contribution >= 4 is 29.2 Å². The molecule has 6 heteroatoms. The van der Waals surface area contributed by atoms with E-state index in [9.17, 15) is 15.3 Å². The van der Waals surface area contributed by atoms with Gasteiger partial charge < -0.3 is 10.2 Å². The average Bonchev–Trinajstić information content (AvgIpc) is 3.15. The summed E-state index contributed by atoms with van der Waals surface area (Å²) in [7, 11) is 0. The highest BCUT2D eigenvalue weighted by molar-refractivity contribution is 6.02. The molecule has 1 saturated heterocycles. The number of carbonyl (C=O) groups excluding carboxylic acids is 1. The molecule has 2 aliphatic rings. The lowest BCUT2D eigenvalue weighted by Crippen LogP contribution is -2.47. The summed E-state index contributed by atoms with van der Waals surface area (Å²) in [5.41, 5.74) is 3.45. The second-order valence-corrected chi connectivity index (χ2v) is 8.85. The molecule has 0 saturated carbocycles. The zero-order valence-corrected chi connectivity index (χ0v) is 18.9. The fourth-order valence-corrected chi connectivity index (χ4v) is 5.32. The number of nitrogens with one attached hydrogen (secondary N) is 1. The van der Waals surface area contributed by atoms with E-state index in [-0.39, 0.29) is 5.91 Å². The van der Waals surface area contributed by atoms with Gasteiger partial charge in [0.05, 0.1) is 29.6 Å². The van der Waals surface area contributed by atoms with Crippen molar-refractivity contribution in [1.82, 2.24) is 0 Å². The fraction of sp³-hybridized carbons (Fsp3) is 0.214. The minimum atomic E-state index is -1.50. The van der Waals surface area contributed by atoms with Crippen LogP contribution in [0.5, 0.6) is 0 Å². The normalized spacial score (nSPS) is 21.6. The largest absolute Gasteiger partial charge is 0.346 e. The first-order valence-electron chi connectivity index (χ1n) is 11.2. The second-order valence-electron chi connectivity index (χ2n) is 8.85. The summed E-state index contributed by atoms with van der Waals surface area (Å²) >= 11 is 0. The van der Waals surface area contributed by atoms with Crippen LogP contribution >= 0.6 is 0 Å². The summed E-state index contributed by atoms with van der Waals surface area (Å²) in [6.07, 6.45) is 1.65. The summed E-state index contributed by atoms with van der Waals surface area (Å²) in [5.74, 6) is -0.951. The molecular weight excluding hydrogens is 422 g/mol. The molecule has 0 aliphatic carbocycles. The molecule has 3 aromatic carbocycles. The molecule has 1 amide bonds. The van der Waals surface area contributed by atoms with E-state index in [0.29, 0.717) is 11.4 Å². The number of anilines is 2. The molecule has 0 spiro atoms. The van der Waals surface area contributed by atoms with Crippen LogP contribution in [-0.4, -0.2) is 24.2 Å².